The summed E-state index contributed by atoms with van der Waals surface area (Å²) >= 11 is 1.69. The second kappa shape index (κ2) is 8.64. The third-order valence-corrected chi connectivity index (χ3v) is 3.12. The predicted molar refractivity (Wildman–Crippen MR) is 67.8 cm³/mol. The van der Waals surface area contributed by atoms with Gasteiger partial charge in [-0.05, 0) is 13.5 Å². The molecular weight excluding hydrogens is 222 g/mol. The number of methoxy groups -OCH3 is 1. The van der Waals surface area contributed by atoms with E-state index in [1.807, 2.05) is 11.7 Å². The zero-order chi connectivity index (χ0) is 11.6. The Labute approximate surface area is 102 Å². The van der Waals surface area contributed by atoms with Crippen LogP contribution in [-0.2, 0) is 11.3 Å². The van der Waals surface area contributed by atoms with Crippen LogP contribution in [0.4, 0.5) is 0 Å². The molecule has 0 aliphatic heterocycles. The Balaban J connectivity index is 1.94. The zero-order valence-electron chi connectivity index (χ0n) is 10.1. The van der Waals surface area contributed by atoms with Gasteiger partial charge < -0.3 is 15.0 Å². The van der Waals surface area contributed by atoms with E-state index in [-0.39, 0.29) is 0 Å². The van der Waals surface area contributed by atoms with Gasteiger partial charge in [0.2, 0.25) is 0 Å². The first-order valence-corrected chi connectivity index (χ1v) is 6.46. The van der Waals surface area contributed by atoms with Gasteiger partial charge in [0.05, 0.1) is 5.51 Å². The molecular formula is C11H21N3OS. The molecule has 0 saturated carbocycles. The minimum absolute atomic E-state index is 0.846. The molecule has 16 heavy (non-hydrogen) atoms. The molecule has 0 amide bonds. The Kier molecular flexibility index (Phi) is 7.33. The van der Waals surface area contributed by atoms with Crippen molar-refractivity contribution in [1.82, 2.24) is 15.2 Å². The largest absolute Gasteiger partial charge is 0.385 e. The number of hydrogen-bond donors (Lipinski definition) is 1. The lowest BCUT2D eigenvalue weighted by Crippen LogP contribution is -2.30. The Morgan fingerprint density at radius 1 is 1.50 bits per heavy atom. The third-order valence-electron chi connectivity index (χ3n) is 2.34. The van der Waals surface area contributed by atoms with Gasteiger partial charge in [-0.25, -0.2) is 0 Å². The van der Waals surface area contributed by atoms with E-state index in [0.29, 0.717) is 0 Å². The fourth-order valence-electron chi connectivity index (χ4n) is 1.40. The van der Waals surface area contributed by atoms with E-state index in [2.05, 4.69) is 22.2 Å². The Morgan fingerprint density at radius 3 is 3.06 bits per heavy atom. The van der Waals surface area contributed by atoms with Gasteiger partial charge in [0.1, 0.15) is 0 Å². The van der Waals surface area contributed by atoms with Gasteiger partial charge in [-0.1, -0.05) is 0 Å². The van der Waals surface area contributed by atoms with Crippen molar-refractivity contribution in [3.8, 4) is 0 Å². The molecule has 1 aromatic heterocycles. The lowest BCUT2D eigenvalue weighted by molar-refractivity contribution is 0.179. The van der Waals surface area contributed by atoms with Crippen LogP contribution in [0.5, 0.6) is 0 Å². The van der Waals surface area contributed by atoms with Crippen molar-refractivity contribution in [2.24, 2.45) is 0 Å². The number of ether oxygens (including phenoxy) is 1. The average Bonchev–Trinajstić information content (AvgIpc) is 2.78. The van der Waals surface area contributed by atoms with Crippen LogP contribution in [0.2, 0.25) is 0 Å². The summed E-state index contributed by atoms with van der Waals surface area (Å²) in [6, 6.07) is 0. The highest BCUT2D eigenvalue weighted by molar-refractivity contribution is 7.09. The van der Waals surface area contributed by atoms with E-state index >= 15 is 0 Å². The first-order valence-electron chi connectivity index (χ1n) is 5.58. The van der Waals surface area contributed by atoms with Crippen LogP contribution >= 0.6 is 11.3 Å². The molecule has 4 nitrogen and oxygen atoms in total. The summed E-state index contributed by atoms with van der Waals surface area (Å²) < 4.78 is 5.02. The van der Waals surface area contributed by atoms with Crippen LogP contribution in [0.25, 0.3) is 0 Å². The van der Waals surface area contributed by atoms with E-state index < -0.39 is 0 Å². The van der Waals surface area contributed by atoms with Gasteiger partial charge in [0, 0.05) is 51.0 Å². The van der Waals surface area contributed by atoms with E-state index in [0.717, 1.165) is 39.2 Å². The lowest BCUT2D eigenvalue weighted by Gasteiger charge is -2.16. The maximum Gasteiger partial charge on any atom is 0.0794 e. The molecule has 1 aromatic rings. The molecule has 0 aliphatic carbocycles. The molecule has 92 valence electrons. The van der Waals surface area contributed by atoms with Crippen molar-refractivity contribution in [3.05, 3.63) is 16.6 Å². The van der Waals surface area contributed by atoms with Crippen molar-refractivity contribution in [2.45, 2.75) is 13.0 Å². The van der Waals surface area contributed by atoms with Crippen LogP contribution in [0.3, 0.4) is 0 Å². The number of nitrogens with one attached hydrogen (secondary N) is 1. The van der Waals surface area contributed by atoms with Crippen molar-refractivity contribution in [2.75, 3.05) is 40.4 Å². The summed E-state index contributed by atoms with van der Waals surface area (Å²) in [5.74, 6) is 0. The number of likely N-dealkylation sites (N-methyl/N-ethyl adjacent to an activating group) is 1. The fourth-order valence-corrected chi connectivity index (χ4v) is 1.97. The number of rotatable bonds is 9. The smallest absolute Gasteiger partial charge is 0.0794 e. The van der Waals surface area contributed by atoms with Gasteiger partial charge in [0.25, 0.3) is 0 Å². The van der Waals surface area contributed by atoms with Crippen molar-refractivity contribution in [1.29, 1.82) is 0 Å². The highest BCUT2D eigenvalue weighted by atomic mass is 32.1. The van der Waals surface area contributed by atoms with E-state index in [1.165, 1.54) is 4.88 Å². The summed E-state index contributed by atoms with van der Waals surface area (Å²) in [5, 5.41) is 3.41. The molecule has 5 heteroatoms. The molecule has 0 unspecified atom stereocenters. The standard InChI is InChI=1S/C11H21N3OS/c1-14(5-3-7-15-2)6-4-12-8-11-9-13-10-16-11/h9-10,12H,3-8H2,1-2H3. The molecule has 1 rings (SSSR count). The van der Waals surface area contributed by atoms with Gasteiger partial charge in [-0.2, -0.15) is 0 Å². The molecule has 0 spiro atoms. The molecule has 0 atom stereocenters. The first-order chi connectivity index (χ1) is 7.83. The molecule has 0 radical (unpaired) electrons. The molecule has 0 fully saturated rings. The Morgan fingerprint density at radius 2 is 2.38 bits per heavy atom. The highest BCUT2D eigenvalue weighted by Crippen LogP contribution is 2.03. The SMILES string of the molecule is COCCCN(C)CCNCc1cncs1. The van der Waals surface area contributed by atoms with Gasteiger partial charge in [-0.3, -0.25) is 4.98 Å². The summed E-state index contributed by atoms with van der Waals surface area (Å²) in [6.45, 7) is 4.95. The molecule has 0 aromatic carbocycles. The predicted octanol–water partition coefficient (Wildman–Crippen LogP) is 1.20. The maximum atomic E-state index is 5.02. The quantitative estimate of drug-likeness (QED) is 0.661. The fraction of sp³-hybridized carbons (Fsp3) is 0.727. The monoisotopic (exact) mass is 243 g/mol. The topological polar surface area (TPSA) is 37.4 Å². The van der Waals surface area contributed by atoms with Gasteiger partial charge in [-0.15, -0.1) is 11.3 Å². The Hall–Kier alpha value is -0.490. The molecule has 1 N–H and O–H groups in total. The number of nitrogens with zero attached hydrogens (tertiary/aromatic N) is 2. The molecule has 0 bridgehead atoms. The highest BCUT2D eigenvalue weighted by Gasteiger charge is 1.98. The summed E-state index contributed by atoms with van der Waals surface area (Å²) in [6.07, 6.45) is 3.02. The number of thiazole rings is 1. The number of aromatic nitrogens is 1. The molecule has 1 heterocycles. The number of hydrogen-bond acceptors (Lipinski definition) is 5. The zero-order valence-corrected chi connectivity index (χ0v) is 10.9. The first kappa shape index (κ1) is 13.6. The van der Waals surface area contributed by atoms with E-state index in [4.69, 9.17) is 4.74 Å². The van der Waals surface area contributed by atoms with Crippen LogP contribution in [0, 0.1) is 0 Å². The maximum absolute atomic E-state index is 5.02. The third kappa shape index (κ3) is 6.17. The van der Waals surface area contributed by atoms with Crippen molar-refractivity contribution >= 4 is 11.3 Å². The molecule has 0 aliphatic rings. The summed E-state index contributed by atoms with van der Waals surface area (Å²) in [7, 11) is 3.89. The minimum Gasteiger partial charge on any atom is -0.385 e. The minimum atomic E-state index is 0.846. The average molecular weight is 243 g/mol. The Bertz CT molecular complexity index is 254. The van der Waals surface area contributed by atoms with Gasteiger partial charge in [0.15, 0.2) is 0 Å². The second-order valence-corrected chi connectivity index (χ2v) is 4.77. The second-order valence-electron chi connectivity index (χ2n) is 3.79. The lowest BCUT2D eigenvalue weighted by atomic mass is 10.4. The van der Waals surface area contributed by atoms with Gasteiger partial charge >= 0.3 is 0 Å². The van der Waals surface area contributed by atoms with Crippen molar-refractivity contribution in [3.63, 3.8) is 0 Å². The molecule has 0 saturated heterocycles. The van der Waals surface area contributed by atoms with E-state index in [9.17, 15) is 0 Å². The summed E-state index contributed by atoms with van der Waals surface area (Å²) in [4.78, 5) is 7.65. The summed E-state index contributed by atoms with van der Waals surface area (Å²) in [5.41, 5.74) is 1.87. The van der Waals surface area contributed by atoms with Crippen molar-refractivity contribution < 1.29 is 4.74 Å². The van der Waals surface area contributed by atoms with Crippen LogP contribution < -0.4 is 5.32 Å². The van der Waals surface area contributed by atoms with Crippen LogP contribution in [0.15, 0.2) is 11.7 Å². The normalized spacial score (nSPS) is 11.2. The van der Waals surface area contributed by atoms with Crippen LogP contribution in [-0.4, -0.2) is 50.3 Å². The van der Waals surface area contributed by atoms with Crippen LogP contribution in [0.1, 0.15) is 11.3 Å². The van der Waals surface area contributed by atoms with E-state index in [1.54, 1.807) is 18.4 Å².